The van der Waals surface area contributed by atoms with Crippen molar-refractivity contribution in [1.29, 1.82) is 0 Å². The lowest BCUT2D eigenvalue weighted by Crippen LogP contribution is -2.33. The summed E-state index contributed by atoms with van der Waals surface area (Å²) in [6.07, 6.45) is 0.434. The molecule has 0 aromatic heterocycles. The van der Waals surface area contributed by atoms with E-state index in [9.17, 15) is 0 Å². The third-order valence-corrected chi connectivity index (χ3v) is 5.79. The first-order valence-electron chi connectivity index (χ1n) is 10.2. The van der Waals surface area contributed by atoms with Crippen molar-refractivity contribution in [2.24, 2.45) is 5.10 Å². The molecule has 2 aliphatic heterocycles. The number of hydrogen-bond acceptors (Lipinski definition) is 6. The maximum absolute atomic E-state index is 6.42. The van der Waals surface area contributed by atoms with Gasteiger partial charge in [-0.2, -0.15) is 5.10 Å². The molecule has 0 saturated carbocycles. The summed E-state index contributed by atoms with van der Waals surface area (Å²) in [5.41, 5.74) is 4.13. The topological polar surface area (TPSA) is 52.5 Å². The van der Waals surface area contributed by atoms with E-state index in [-0.39, 0.29) is 12.3 Å². The van der Waals surface area contributed by atoms with Gasteiger partial charge in [-0.3, -0.25) is 0 Å². The van der Waals surface area contributed by atoms with Crippen molar-refractivity contribution in [2.45, 2.75) is 18.7 Å². The van der Waals surface area contributed by atoms with Crippen LogP contribution in [0.5, 0.6) is 23.0 Å². The zero-order valence-electron chi connectivity index (χ0n) is 17.7. The van der Waals surface area contributed by atoms with Crippen LogP contribution in [0.3, 0.4) is 0 Å². The van der Waals surface area contributed by atoms with Crippen LogP contribution in [0.1, 0.15) is 35.4 Å². The van der Waals surface area contributed by atoms with Crippen molar-refractivity contribution in [2.75, 3.05) is 21.3 Å². The van der Waals surface area contributed by atoms with Crippen molar-refractivity contribution in [3.05, 3.63) is 83.4 Å². The van der Waals surface area contributed by atoms with Crippen LogP contribution >= 0.6 is 0 Å². The number of fused-ring (bicyclic) bond motifs is 3. The fourth-order valence-corrected chi connectivity index (χ4v) is 4.24. The molecule has 2 aliphatic rings. The number of benzene rings is 3. The summed E-state index contributed by atoms with van der Waals surface area (Å²) in [5.74, 6) is 3.07. The number of para-hydroxylation sites is 1. The largest absolute Gasteiger partial charge is 0.497 e. The van der Waals surface area contributed by atoms with E-state index < -0.39 is 0 Å². The molecule has 0 N–H and O–H groups in total. The van der Waals surface area contributed by atoms with Crippen molar-refractivity contribution >= 4 is 5.71 Å². The third kappa shape index (κ3) is 3.34. The van der Waals surface area contributed by atoms with Crippen LogP contribution in [0.15, 0.2) is 71.8 Å². The van der Waals surface area contributed by atoms with Gasteiger partial charge in [0.25, 0.3) is 0 Å². The summed E-state index contributed by atoms with van der Waals surface area (Å²) in [6.45, 7) is 0. The maximum atomic E-state index is 6.42. The van der Waals surface area contributed by atoms with Crippen molar-refractivity contribution in [1.82, 2.24) is 5.01 Å². The zero-order chi connectivity index (χ0) is 21.4. The molecule has 0 radical (unpaired) electrons. The predicted octanol–water partition coefficient (Wildman–Crippen LogP) is 4.95. The SMILES string of the molecule is COc1cccc([C@H]2Oc3ccccc3[C@H]3CC(c4ccc(OC)c(OC)c4)=NN32)c1. The Hall–Kier alpha value is -3.67. The van der Waals surface area contributed by atoms with Gasteiger partial charge in [0.15, 0.2) is 11.5 Å². The van der Waals surface area contributed by atoms with Gasteiger partial charge in [0, 0.05) is 23.1 Å². The minimum Gasteiger partial charge on any atom is -0.497 e. The molecule has 3 aromatic rings. The average Bonchev–Trinajstić information content (AvgIpc) is 3.29. The van der Waals surface area contributed by atoms with Crippen LogP contribution in [0.25, 0.3) is 0 Å². The molecule has 0 bridgehead atoms. The normalized spacial score (nSPS) is 19.1. The molecule has 0 aliphatic carbocycles. The summed E-state index contributed by atoms with van der Waals surface area (Å²) in [6, 6.07) is 22.1. The van der Waals surface area contributed by atoms with Crippen LogP contribution in [0.2, 0.25) is 0 Å². The number of methoxy groups -OCH3 is 3. The van der Waals surface area contributed by atoms with Crippen LogP contribution in [0, 0.1) is 0 Å². The van der Waals surface area contributed by atoms with Gasteiger partial charge in [-0.25, -0.2) is 5.01 Å². The molecule has 2 heterocycles. The Bertz CT molecular complexity index is 1140. The van der Waals surface area contributed by atoms with Crippen LogP contribution in [0.4, 0.5) is 0 Å². The molecule has 31 heavy (non-hydrogen) atoms. The average molecular weight is 416 g/mol. The van der Waals surface area contributed by atoms with E-state index in [1.807, 2.05) is 60.7 Å². The standard InChI is InChI=1S/C25H24N2O4/c1-28-18-8-6-7-17(13-18)25-27-21(19-9-4-5-10-22(19)31-25)15-20(26-27)16-11-12-23(29-2)24(14-16)30-3/h4-14,21,25H,15H2,1-3H3/t21-,25-/m1/s1. The number of hydrogen-bond donors (Lipinski definition) is 0. The summed E-state index contributed by atoms with van der Waals surface area (Å²) >= 11 is 0. The molecule has 6 heteroatoms. The summed E-state index contributed by atoms with van der Waals surface area (Å²) < 4.78 is 22.7. The smallest absolute Gasteiger partial charge is 0.214 e. The van der Waals surface area contributed by atoms with E-state index >= 15 is 0 Å². The Labute approximate surface area is 181 Å². The molecule has 0 amide bonds. The molecule has 0 spiro atoms. The van der Waals surface area contributed by atoms with E-state index in [4.69, 9.17) is 24.0 Å². The van der Waals surface area contributed by atoms with E-state index in [2.05, 4.69) is 11.1 Å². The molecule has 0 saturated heterocycles. The minimum atomic E-state index is -0.340. The summed E-state index contributed by atoms with van der Waals surface area (Å²) in [4.78, 5) is 0. The number of ether oxygens (including phenoxy) is 4. The number of hydrazone groups is 1. The quantitative estimate of drug-likeness (QED) is 0.589. The summed E-state index contributed by atoms with van der Waals surface area (Å²) in [7, 11) is 4.95. The van der Waals surface area contributed by atoms with Gasteiger partial charge in [-0.05, 0) is 36.4 Å². The van der Waals surface area contributed by atoms with Gasteiger partial charge in [0.05, 0.1) is 33.1 Å². The molecule has 2 atom stereocenters. The van der Waals surface area contributed by atoms with E-state index in [0.717, 1.165) is 40.3 Å². The molecule has 0 unspecified atom stereocenters. The second kappa shape index (κ2) is 7.87. The van der Waals surface area contributed by atoms with Gasteiger partial charge >= 0.3 is 0 Å². The Morgan fingerprint density at radius 3 is 2.52 bits per heavy atom. The first kappa shape index (κ1) is 19.3. The second-order valence-electron chi connectivity index (χ2n) is 7.50. The number of rotatable bonds is 5. The van der Waals surface area contributed by atoms with Gasteiger partial charge in [0.2, 0.25) is 6.23 Å². The third-order valence-electron chi connectivity index (χ3n) is 5.79. The maximum Gasteiger partial charge on any atom is 0.214 e. The highest BCUT2D eigenvalue weighted by atomic mass is 16.5. The van der Waals surface area contributed by atoms with Gasteiger partial charge in [0.1, 0.15) is 11.5 Å². The molecule has 5 rings (SSSR count). The molecule has 3 aromatic carbocycles. The van der Waals surface area contributed by atoms with Gasteiger partial charge in [-0.1, -0.05) is 30.3 Å². The monoisotopic (exact) mass is 416 g/mol. The van der Waals surface area contributed by atoms with Crippen molar-refractivity contribution < 1.29 is 18.9 Å². The van der Waals surface area contributed by atoms with Crippen LogP contribution in [-0.4, -0.2) is 32.0 Å². The molecule has 158 valence electrons. The molecular formula is C25H24N2O4. The van der Waals surface area contributed by atoms with Gasteiger partial charge in [-0.15, -0.1) is 0 Å². The highest BCUT2D eigenvalue weighted by Crippen LogP contribution is 2.48. The zero-order valence-corrected chi connectivity index (χ0v) is 17.7. The number of nitrogens with zero attached hydrogens (tertiary/aromatic N) is 2. The molecule has 6 nitrogen and oxygen atoms in total. The first-order chi connectivity index (χ1) is 15.2. The molecular weight excluding hydrogens is 392 g/mol. The van der Waals surface area contributed by atoms with Crippen LogP contribution < -0.4 is 18.9 Å². The lowest BCUT2D eigenvalue weighted by Gasteiger charge is -2.38. The first-order valence-corrected chi connectivity index (χ1v) is 10.2. The second-order valence-corrected chi connectivity index (χ2v) is 7.50. The van der Waals surface area contributed by atoms with E-state index in [1.54, 1.807) is 21.3 Å². The Morgan fingerprint density at radius 2 is 1.71 bits per heavy atom. The highest BCUT2D eigenvalue weighted by Gasteiger charge is 2.41. The lowest BCUT2D eigenvalue weighted by atomic mass is 9.95. The van der Waals surface area contributed by atoms with Gasteiger partial charge < -0.3 is 18.9 Å². The fourth-order valence-electron chi connectivity index (χ4n) is 4.24. The Kier molecular flexibility index (Phi) is 4.90. The fraction of sp³-hybridized carbons (Fsp3) is 0.240. The predicted molar refractivity (Wildman–Crippen MR) is 118 cm³/mol. The Balaban J connectivity index is 1.57. The van der Waals surface area contributed by atoms with Crippen molar-refractivity contribution in [3.8, 4) is 23.0 Å². The van der Waals surface area contributed by atoms with E-state index in [1.165, 1.54) is 0 Å². The Morgan fingerprint density at radius 1 is 0.871 bits per heavy atom. The minimum absolute atomic E-state index is 0.0873. The van der Waals surface area contributed by atoms with Crippen molar-refractivity contribution in [3.63, 3.8) is 0 Å². The van der Waals surface area contributed by atoms with E-state index in [0.29, 0.717) is 11.5 Å². The summed E-state index contributed by atoms with van der Waals surface area (Å²) in [5, 5.41) is 7.07. The lowest BCUT2D eigenvalue weighted by molar-refractivity contribution is -0.0191. The highest BCUT2D eigenvalue weighted by molar-refractivity contribution is 6.02. The molecule has 0 fully saturated rings. The van der Waals surface area contributed by atoms with Crippen LogP contribution in [-0.2, 0) is 0 Å².